The lowest BCUT2D eigenvalue weighted by atomic mass is 10.2. The van der Waals surface area contributed by atoms with Crippen molar-refractivity contribution in [2.75, 3.05) is 14.2 Å². The average Bonchev–Trinajstić information content (AvgIpc) is 2.44. The topological polar surface area (TPSA) is 44.8 Å². The summed E-state index contributed by atoms with van der Waals surface area (Å²) in [7, 11) is 3.15. The number of carbonyl (C=O) groups excluding carboxylic acids is 1. The van der Waals surface area contributed by atoms with Crippen molar-refractivity contribution in [3.63, 3.8) is 0 Å². The molecular weight excluding hydrogens is 244 g/mol. The SMILES string of the molecule is CCC(C)OC(=O)C=Cc1ccc(OC)c(OC)c1. The van der Waals surface area contributed by atoms with Gasteiger partial charge < -0.3 is 14.2 Å². The monoisotopic (exact) mass is 264 g/mol. The smallest absolute Gasteiger partial charge is 0.331 e. The number of hydrogen-bond donors (Lipinski definition) is 0. The third-order valence-corrected chi connectivity index (χ3v) is 2.71. The molecular formula is C15H20O4. The van der Waals surface area contributed by atoms with Crippen molar-refractivity contribution in [3.8, 4) is 11.5 Å². The number of carbonyl (C=O) groups is 1. The summed E-state index contributed by atoms with van der Waals surface area (Å²) < 4.78 is 15.5. The Balaban J connectivity index is 2.74. The van der Waals surface area contributed by atoms with Crippen molar-refractivity contribution in [1.82, 2.24) is 0 Å². The Bertz CT molecular complexity index is 451. The molecule has 4 heteroatoms. The molecule has 0 fully saturated rings. The molecule has 1 aromatic rings. The van der Waals surface area contributed by atoms with Gasteiger partial charge in [0.1, 0.15) is 0 Å². The average molecular weight is 264 g/mol. The number of methoxy groups -OCH3 is 2. The van der Waals surface area contributed by atoms with Gasteiger partial charge in [0.05, 0.1) is 20.3 Å². The molecule has 104 valence electrons. The molecule has 0 aromatic heterocycles. The largest absolute Gasteiger partial charge is 0.493 e. The highest BCUT2D eigenvalue weighted by Gasteiger charge is 2.05. The first-order valence-corrected chi connectivity index (χ1v) is 6.21. The molecule has 0 spiro atoms. The molecule has 1 atom stereocenters. The van der Waals surface area contributed by atoms with Crippen LogP contribution in [0.5, 0.6) is 11.5 Å². The predicted molar refractivity (Wildman–Crippen MR) is 74.4 cm³/mol. The van der Waals surface area contributed by atoms with Gasteiger partial charge in [-0.2, -0.15) is 0 Å². The highest BCUT2D eigenvalue weighted by Crippen LogP contribution is 2.27. The van der Waals surface area contributed by atoms with Crippen molar-refractivity contribution in [2.45, 2.75) is 26.4 Å². The van der Waals surface area contributed by atoms with E-state index in [1.165, 1.54) is 6.08 Å². The van der Waals surface area contributed by atoms with Crippen molar-refractivity contribution in [1.29, 1.82) is 0 Å². The Labute approximate surface area is 114 Å². The van der Waals surface area contributed by atoms with Gasteiger partial charge in [-0.15, -0.1) is 0 Å². The molecule has 19 heavy (non-hydrogen) atoms. The molecule has 0 radical (unpaired) electrons. The molecule has 0 saturated heterocycles. The minimum atomic E-state index is -0.343. The van der Waals surface area contributed by atoms with Gasteiger partial charge >= 0.3 is 5.97 Å². The maximum absolute atomic E-state index is 11.5. The maximum atomic E-state index is 11.5. The summed E-state index contributed by atoms with van der Waals surface area (Å²) in [5.74, 6) is 0.936. The van der Waals surface area contributed by atoms with Crippen LogP contribution in [0.3, 0.4) is 0 Å². The minimum Gasteiger partial charge on any atom is -0.493 e. The fourth-order valence-corrected chi connectivity index (χ4v) is 1.44. The number of esters is 1. The third-order valence-electron chi connectivity index (χ3n) is 2.71. The van der Waals surface area contributed by atoms with E-state index in [0.29, 0.717) is 11.5 Å². The lowest BCUT2D eigenvalue weighted by molar-refractivity contribution is -0.142. The molecule has 1 rings (SSSR count). The van der Waals surface area contributed by atoms with Crippen molar-refractivity contribution < 1.29 is 19.0 Å². The summed E-state index contributed by atoms with van der Waals surface area (Å²) in [6, 6.07) is 5.43. The predicted octanol–water partition coefficient (Wildman–Crippen LogP) is 3.06. The number of benzene rings is 1. The van der Waals surface area contributed by atoms with Crippen LogP contribution < -0.4 is 9.47 Å². The number of hydrogen-bond acceptors (Lipinski definition) is 4. The zero-order valence-corrected chi connectivity index (χ0v) is 11.8. The van der Waals surface area contributed by atoms with Gasteiger partial charge in [-0.1, -0.05) is 13.0 Å². The van der Waals surface area contributed by atoms with E-state index in [9.17, 15) is 4.79 Å². The van der Waals surface area contributed by atoms with Crippen LogP contribution >= 0.6 is 0 Å². The Morgan fingerprint density at radius 2 is 1.95 bits per heavy atom. The van der Waals surface area contributed by atoms with E-state index in [1.54, 1.807) is 32.4 Å². The van der Waals surface area contributed by atoms with Crippen molar-refractivity contribution in [2.24, 2.45) is 0 Å². The number of ether oxygens (including phenoxy) is 3. The summed E-state index contributed by atoms with van der Waals surface area (Å²) in [5.41, 5.74) is 0.846. The van der Waals surface area contributed by atoms with Crippen molar-refractivity contribution in [3.05, 3.63) is 29.8 Å². The number of rotatable bonds is 6. The van der Waals surface area contributed by atoms with E-state index in [1.807, 2.05) is 19.9 Å². The summed E-state index contributed by atoms with van der Waals surface area (Å²) in [6.07, 6.45) is 3.83. The maximum Gasteiger partial charge on any atom is 0.331 e. The van der Waals surface area contributed by atoms with Crippen LogP contribution in [0.1, 0.15) is 25.8 Å². The van der Waals surface area contributed by atoms with E-state index in [-0.39, 0.29) is 12.1 Å². The normalized spacial score (nSPS) is 12.2. The third kappa shape index (κ3) is 4.66. The fraction of sp³-hybridized carbons (Fsp3) is 0.400. The molecule has 0 amide bonds. The molecule has 0 N–H and O–H groups in total. The fourth-order valence-electron chi connectivity index (χ4n) is 1.44. The van der Waals surface area contributed by atoms with Gasteiger partial charge in [0.15, 0.2) is 11.5 Å². The summed E-state index contributed by atoms with van der Waals surface area (Å²) in [6.45, 7) is 3.83. The van der Waals surface area contributed by atoms with Crippen LogP contribution in [0, 0.1) is 0 Å². The van der Waals surface area contributed by atoms with Crippen LogP contribution in [0.25, 0.3) is 6.08 Å². The Morgan fingerprint density at radius 3 is 2.53 bits per heavy atom. The lowest BCUT2D eigenvalue weighted by Gasteiger charge is -2.09. The minimum absolute atomic E-state index is 0.0671. The molecule has 0 aliphatic rings. The molecule has 0 saturated carbocycles. The standard InChI is InChI=1S/C15H20O4/c1-5-11(2)19-15(16)9-7-12-6-8-13(17-3)14(10-12)18-4/h6-11H,5H2,1-4H3. The first-order chi connectivity index (χ1) is 9.10. The van der Waals surface area contributed by atoms with E-state index in [4.69, 9.17) is 14.2 Å². The first kappa shape index (κ1) is 15.1. The van der Waals surface area contributed by atoms with Gasteiger partial charge in [-0.25, -0.2) is 4.79 Å². The first-order valence-electron chi connectivity index (χ1n) is 6.21. The summed E-state index contributed by atoms with van der Waals surface area (Å²) in [4.78, 5) is 11.5. The van der Waals surface area contributed by atoms with Gasteiger partial charge in [0.2, 0.25) is 0 Å². The van der Waals surface area contributed by atoms with Gasteiger partial charge in [0.25, 0.3) is 0 Å². The highest BCUT2D eigenvalue weighted by atomic mass is 16.5. The summed E-state index contributed by atoms with van der Waals surface area (Å²) in [5, 5.41) is 0. The van der Waals surface area contributed by atoms with Gasteiger partial charge in [-0.05, 0) is 37.1 Å². The molecule has 1 aromatic carbocycles. The van der Waals surface area contributed by atoms with Gasteiger partial charge in [-0.3, -0.25) is 0 Å². The Hall–Kier alpha value is -1.97. The zero-order valence-electron chi connectivity index (χ0n) is 11.8. The molecule has 1 unspecified atom stereocenters. The highest BCUT2D eigenvalue weighted by molar-refractivity contribution is 5.87. The second-order valence-electron chi connectivity index (χ2n) is 4.10. The molecule has 0 aliphatic heterocycles. The second-order valence-corrected chi connectivity index (χ2v) is 4.10. The van der Waals surface area contributed by atoms with Crippen LogP contribution in [0.4, 0.5) is 0 Å². The summed E-state index contributed by atoms with van der Waals surface area (Å²) >= 11 is 0. The van der Waals surface area contributed by atoms with Gasteiger partial charge in [0, 0.05) is 6.08 Å². The van der Waals surface area contributed by atoms with Crippen LogP contribution in [-0.4, -0.2) is 26.3 Å². The van der Waals surface area contributed by atoms with Crippen LogP contribution in [0.15, 0.2) is 24.3 Å². The quantitative estimate of drug-likeness (QED) is 0.585. The van der Waals surface area contributed by atoms with E-state index in [0.717, 1.165) is 12.0 Å². The van der Waals surface area contributed by atoms with E-state index < -0.39 is 0 Å². The Morgan fingerprint density at radius 1 is 1.26 bits per heavy atom. The molecule has 0 aliphatic carbocycles. The van der Waals surface area contributed by atoms with E-state index >= 15 is 0 Å². The second kappa shape index (κ2) is 7.46. The molecule has 0 bridgehead atoms. The van der Waals surface area contributed by atoms with Crippen LogP contribution in [0.2, 0.25) is 0 Å². The van der Waals surface area contributed by atoms with Crippen LogP contribution in [-0.2, 0) is 9.53 Å². The van der Waals surface area contributed by atoms with Crippen molar-refractivity contribution >= 4 is 12.0 Å². The Kier molecular flexibility index (Phi) is 5.93. The lowest BCUT2D eigenvalue weighted by Crippen LogP contribution is -2.11. The zero-order chi connectivity index (χ0) is 14.3. The molecule has 0 heterocycles. The van der Waals surface area contributed by atoms with E-state index in [2.05, 4.69) is 0 Å². The molecule has 4 nitrogen and oxygen atoms in total.